The summed E-state index contributed by atoms with van der Waals surface area (Å²) in [6.07, 6.45) is 1.43. The number of hydrogen-bond acceptors (Lipinski definition) is 3. The zero-order chi connectivity index (χ0) is 13.3. The van der Waals surface area contributed by atoms with Gasteiger partial charge >= 0.3 is 0 Å². The largest absolute Gasteiger partial charge is 0.507 e. The van der Waals surface area contributed by atoms with Crippen LogP contribution in [0.4, 0.5) is 4.39 Å². The Kier molecular flexibility index (Phi) is 3.26. The van der Waals surface area contributed by atoms with Gasteiger partial charge in [-0.25, -0.2) is 4.39 Å². The number of hydrogen-bond donors (Lipinski definition) is 2. The molecule has 4 nitrogen and oxygen atoms in total. The third-order valence-corrected chi connectivity index (χ3v) is 3.18. The highest BCUT2D eigenvalue weighted by Gasteiger charge is 2.43. The van der Waals surface area contributed by atoms with E-state index in [1.807, 2.05) is 6.92 Å². The van der Waals surface area contributed by atoms with Crippen LogP contribution in [-0.4, -0.2) is 39.7 Å². The number of rotatable bonds is 3. The fourth-order valence-corrected chi connectivity index (χ4v) is 2.31. The molecule has 1 heterocycles. The fraction of sp³-hybridized carbons (Fsp3) is 0.462. The van der Waals surface area contributed by atoms with Gasteiger partial charge in [-0.1, -0.05) is 19.4 Å². The lowest BCUT2D eigenvalue weighted by Gasteiger charge is -2.46. The van der Waals surface area contributed by atoms with Crippen LogP contribution < -0.4 is 0 Å². The molecule has 1 amide bonds. The summed E-state index contributed by atoms with van der Waals surface area (Å²) in [5, 5.41) is 19.5. The zero-order valence-corrected chi connectivity index (χ0v) is 10.2. The maximum Gasteiger partial charge on any atom is 0.260 e. The van der Waals surface area contributed by atoms with Gasteiger partial charge in [-0.05, 0) is 18.6 Å². The van der Waals surface area contributed by atoms with Gasteiger partial charge in [-0.15, -0.1) is 0 Å². The maximum absolute atomic E-state index is 13.5. The number of benzene rings is 1. The smallest absolute Gasteiger partial charge is 0.260 e. The normalized spacial score (nSPS) is 17.4. The van der Waals surface area contributed by atoms with Crippen LogP contribution in [0.25, 0.3) is 0 Å². The highest BCUT2D eigenvalue weighted by atomic mass is 19.1. The number of β-amino-alcohol motifs (C(OH)–C–C–N with tert-alkyl or cyclic N) is 1. The Balaban J connectivity index is 2.11. The SMILES string of the molecule is CCCC1(O)CN(C(=O)c2c(O)cccc2F)C1. The fourth-order valence-electron chi connectivity index (χ4n) is 2.31. The van der Waals surface area contributed by atoms with E-state index >= 15 is 0 Å². The van der Waals surface area contributed by atoms with Crippen LogP contribution in [-0.2, 0) is 0 Å². The first-order chi connectivity index (χ1) is 8.47. The van der Waals surface area contributed by atoms with E-state index < -0.39 is 17.3 Å². The zero-order valence-electron chi connectivity index (χ0n) is 10.2. The van der Waals surface area contributed by atoms with Crippen molar-refractivity contribution in [2.75, 3.05) is 13.1 Å². The summed E-state index contributed by atoms with van der Waals surface area (Å²) in [7, 11) is 0. The Labute approximate surface area is 105 Å². The summed E-state index contributed by atoms with van der Waals surface area (Å²) in [6.45, 7) is 2.33. The van der Waals surface area contributed by atoms with E-state index in [-0.39, 0.29) is 24.4 Å². The molecule has 1 aromatic carbocycles. The van der Waals surface area contributed by atoms with Crippen LogP contribution in [0, 0.1) is 5.82 Å². The van der Waals surface area contributed by atoms with Gasteiger partial charge in [0.1, 0.15) is 17.1 Å². The van der Waals surface area contributed by atoms with Crippen molar-refractivity contribution in [3.63, 3.8) is 0 Å². The highest BCUT2D eigenvalue weighted by Crippen LogP contribution is 2.30. The number of halogens is 1. The number of aromatic hydroxyl groups is 1. The lowest BCUT2D eigenvalue weighted by atomic mass is 9.88. The van der Waals surface area contributed by atoms with Crippen molar-refractivity contribution >= 4 is 5.91 Å². The van der Waals surface area contributed by atoms with E-state index in [1.165, 1.54) is 17.0 Å². The molecule has 18 heavy (non-hydrogen) atoms. The average Bonchev–Trinajstić information content (AvgIpc) is 2.25. The van der Waals surface area contributed by atoms with Gasteiger partial charge < -0.3 is 15.1 Å². The van der Waals surface area contributed by atoms with Gasteiger partial charge in [0.2, 0.25) is 0 Å². The molecule has 2 rings (SSSR count). The molecule has 0 aliphatic carbocycles. The molecule has 0 radical (unpaired) electrons. The lowest BCUT2D eigenvalue weighted by Crippen LogP contribution is -2.63. The van der Waals surface area contributed by atoms with Crippen molar-refractivity contribution in [1.29, 1.82) is 0 Å². The molecule has 1 aliphatic heterocycles. The number of likely N-dealkylation sites (tertiary alicyclic amines) is 1. The number of phenols is 1. The molecular formula is C13H16FNO3. The van der Waals surface area contributed by atoms with Gasteiger partial charge in [-0.2, -0.15) is 0 Å². The van der Waals surface area contributed by atoms with Crippen molar-refractivity contribution in [3.05, 3.63) is 29.6 Å². The molecule has 0 spiro atoms. The van der Waals surface area contributed by atoms with E-state index in [0.717, 1.165) is 12.5 Å². The summed E-state index contributed by atoms with van der Waals surface area (Å²) in [6, 6.07) is 3.74. The first-order valence-electron chi connectivity index (χ1n) is 5.96. The predicted molar refractivity (Wildman–Crippen MR) is 63.8 cm³/mol. The summed E-state index contributed by atoms with van der Waals surface area (Å²) in [5.74, 6) is -1.69. The number of carbonyl (C=O) groups excluding carboxylic acids is 1. The van der Waals surface area contributed by atoms with Crippen LogP contribution in [0.3, 0.4) is 0 Å². The minimum absolute atomic E-state index is 0.188. The second-order valence-corrected chi connectivity index (χ2v) is 4.77. The van der Waals surface area contributed by atoms with Crippen molar-refractivity contribution in [2.24, 2.45) is 0 Å². The van der Waals surface area contributed by atoms with E-state index in [2.05, 4.69) is 0 Å². The van der Waals surface area contributed by atoms with Crippen molar-refractivity contribution in [2.45, 2.75) is 25.4 Å². The molecule has 1 fully saturated rings. The number of carbonyl (C=O) groups is 1. The predicted octanol–water partition coefficient (Wildman–Crippen LogP) is 1.52. The van der Waals surface area contributed by atoms with Gasteiger partial charge in [0.05, 0.1) is 18.7 Å². The van der Waals surface area contributed by atoms with Crippen molar-refractivity contribution in [3.8, 4) is 5.75 Å². The summed E-state index contributed by atoms with van der Waals surface area (Å²) in [5.41, 5.74) is -1.18. The van der Waals surface area contributed by atoms with E-state index in [4.69, 9.17) is 0 Å². The molecule has 1 aliphatic rings. The van der Waals surface area contributed by atoms with E-state index in [9.17, 15) is 19.4 Å². The van der Waals surface area contributed by atoms with E-state index in [0.29, 0.717) is 6.42 Å². The van der Waals surface area contributed by atoms with Gasteiger partial charge in [0.25, 0.3) is 5.91 Å². The Bertz CT molecular complexity index is 449. The first-order valence-corrected chi connectivity index (χ1v) is 5.96. The minimum atomic E-state index is -0.856. The summed E-state index contributed by atoms with van der Waals surface area (Å²) in [4.78, 5) is 13.3. The quantitative estimate of drug-likeness (QED) is 0.858. The lowest BCUT2D eigenvalue weighted by molar-refractivity contribution is -0.0862. The second kappa shape index (κ2) is 4.57. The van der Waals surface area contributed by atoms with Crippen LogP contribution in [0.15, 0.2) is 18.2 Å². The third-order valence-electron chi connectivity index (χ3n) is 3.18. The molecule has 0 aromatic heterocycles. The van der Waals surface area contributed by atoms with Gasteiger partial charge in [0, 0.05) is 0 Å². The topological polar surface area (TPSA) is 60.8 Å². The Morgan fingerprint density at radius 1 is 1.50 bits per heavy atom. The summed E-state index contributed by atoms with van der Waals surface area (Å²) < 4.78 is 13.5. The monoisotopic (exact) mass is 253 g/mol. The van der Waals surface area contributed by atoms with Gasteiger partial charge in [-0.3, -0.25) is 4.79 Å². The molecule has 0 saturated carbocycles. The molecule has 0 bridgehead atoms. The first kappa shape index (κ1) is 12.8. The van der Waals surface area contributed by atoms with Crippen LogP contribution in [0.2, 0.25) is 0 Å². The maximum atomic E-state index is 13.5. The molecule has 0 atom stereocenters. The van der Waals surface area contributed by atoms with Crippen LogP contribution in [0.1, 0.15) is 30.1 Å². The molecule has 5 heteroatoms. The number of phenolic OH excluding ortho intramolecular Hbond substituents is 1. The van der Waals surface area contributed by atoms with Crippen molar-refractivity contribution < 1.29 is 19.4 Å². The van der Waals surface area contributed by atoms with Gasteiger partial charge in [0.15, 0.2) is 0 Å². The Hall–Kier alpha value is -1.62. The molecule has 1 aromatic rings. The molecule has 0 unspecified atom stereocenters. The minimum Gasteiger partial charge on any atom is -0.507 e. The van der Waals surface area contributed by atoms with Crippen LogP contribution in [0.5, 0.6) is 5.75 Å². The highest BCUT2D eigenvalue weighted by molar-refractivity contribution is 5.97. The van der Waals surface area contributed by atoms with Crippen molar-refractivity contribution in [1.82, 2.24) is 4.90 Å². The molecule has 1 saturated heterocycles. The summed E-state index contributed by atoms with van der Waals surface area (Å²) >= 11 is 0. The standard InChI is InChI=1S/C13H16FNO3/c1-2-6-13(18)7-15(8-13)12(17)11-9(14)4-3-5-10(11)16/h3-5,16,18H,2,6-8H2,1H3. The number of amides is 1. The molecule has 98 valence electrons. The molecule has 2 N–H and O–H groups in total. The number of aliphatic hydroxyl groups is 1. The Morgan fingerprint density at radius 2 is 2.17 bits per heavy atom. The second-order valence-electron chi connectivity index (χ2n) is 4.77. The molecular weight excluding hydrogens is 237 g/mol. The third kappa shape index (κ3) is 2.18. The number of nitrogens with zero attached hydrogens (tertiary/aromatic N) is 1. The van der Waals surface area contributed by atoms with E-state index in [1.54, 1.807) is 0 Å². The Morgan fingerprint density at radius 3 is 2.72 bits per heavy atom. The van der Waals surface area contributed by atoms with Crippen LogP contribution >= 0.6 is 0 Å². The average molecular weight is 253 g/mol.